The molecule has 0 fully saturated rings. The first kappa shape index (κ1) is 19.4. The van der Waals surface area contributed by atoms with Gasteiger partial charge in [0.25, 0.3) is 5.69 Å². The molecule has 1 N–H and O–H groups in total. The van der Waals surface area contributed by atoms with Crippen molar-refractivity contribution in [3.8, 4) is 11.3 Å². The van der Waals surface area contributed by atoms with Gasteiger partial charge in [-0.2, -0.15) is 0 Å². The number of thiazole rings is 1. The minimum atomic E-state index is -0.461. The van der Waals surface area contributed by atoms with Crippen LogP contribution in [0.1, 0.15) is 24.5 Å². The van der Waals surface area contributed by atoms with Gasteiger partial charge in [-0.1, -0.05) is 37.6 Å². The van der Waals surface area contributed by atoms with Gasteiger partial charge in [0.2, 0.25) is 5.91 Å². The number of aromatic nitrogens is 1. The van der Waals surface area contributed by atoms with Crippen LogP contribution in [0.2, 0.25) is 0 Å². The van der Waals surface area contributed by atoms with E-state index in [2.05, 4.69) is 29.4 Å². The number of hydrogen-bond donors (Lipinski definition) is 1. The summed E-state index contributed by atoms with van der Waals surface area (Å²) in [7, 11) is 0. The topological polar surface area (TPSA) is 85.1 Å². The summed E-state index contributed by atoms with van der Waals surface area (Å²) in [6, 6.07) is 14.3. The normalized spacial score (nSPS) is 10.9. The number of anilines is 1. The van der Waals surface area contributed by atoms with Crippen molar-refractivity contribution >= 4 is 34.1 Å². The Morgan fingerprint density at radius 1 is 1.18 bits per heavy atom. The first-order valence-corrected chi connectivity index (χ1v) is 9.71. The highest BCUT2D eigenvalue weighted by Crippen LogP contribution is 2.25. The number of nitrogens with zero attached hydrogens (tertiary/aromatic N) is 2. The molecule has 1 aromatic heterocycles. The van der Waals surface area contributed by atoms with Gasteiger partial charge in [-0.05, 0) is 35.8 Å². The first-order valence-electron chi connectivity index (χ1n) is 8.83. The van der Waals surface area contributed by atoms with Crippen LogP contribution in [0.4, 0.5) is 10.8 Å². The van der Waals surface area contributed by atoms with Crippen molar-refractivity contribution < 1.29 is 9.72 Å². The zero-order chi connectivity index (χ0) is 19.9. The van der Waals surface area contributed by atoms with Crippen molar-refractivity contribution in [3.63, 3.8) is 0 Å². The maximum Gasteiger partial charge on any atom is 0.269 e. The molecule has 28 heavy (non-hydrogen) atoms. The molecular formula is C21H19N3O3S. The minimum absolute atomic E-state index is 0.0136. The molecule has 0 radical (unpaired) electrons. The Hall–Kier alpha value is -3.32. The lowest BCUT2D eigenvalue weighted by atomic mass is 10.1. The SMILES string of the molecule is CCCc1ccc(-c2csc(NC(=O)C=Cc3ccc([N+](=O)[O-])cc3)n2)cc1. The average Bonchev–Trinajstić information content (AvgIpc) is 3.16. The molecule has 3 aromatic rings. The van der Waals surface area contributed by atoms with Crippen molar-refractivity contribution in [3.05, 3.63) is 81.2 Å². The zero-order valence-corrected chi connectivity index (χ0v) is 16.1. The maximum absolute atomic E-state index is 12.1. The molecule has 0 bridgehead atoms. The summed E-state index contributed by atoms with van der Waals surface area (Å²) in [4.78, 5) is 26.7. The second-order valence-corrected chi connectivity index (χ2v) is 7.01. The van der Waals surface area contributed by atoms with Gasteiger partial charge in [0.1, 0.15) is 0 Å². The number of benzene rings is 2. The van der Waals surface area contributed by atoms with Gasteiger partial charge in [0.15, 0.2) is 5.13 Å². The van der Waals surface area contributed by atoms with Crippen molar-refractivity contribution in [1.29, 1.82) is 0 Å². The van der Waals surface area contributed by atoms with Crippen LogP contribution in [0, 0.1) is 10.1 Å². The smallest absolute Gasteiger partial charge is 0.269 e. The number of carbonyl (C=O) groups is 1. The maximum atomic E-state index is 12.1. The molecule has 1 heterocycles. The zero-order valence-electron chi connectivity index (χ0n) is 15.3. The van der Waals surface area contributed by atoms with Gasteiger partial charge in [-0.15, -0.1) is 11.3 Å². The number of rotatable bonds is 7. The van der Waals surface area contributed by atoms with E-state index >= 15 is 0 Å². The number of nitro groups is 1. The molecule has 0 saturated carbocycles. The van der Waals surface area contributed by atoms with Crippen LogP contribution in [0.25, 0.3) is 17.3 Å². The average molecular weight is 393 g/mol. The summed E-state index contributed by atoms with van der Waals surface area (Å²) >= 11 is 1.36. The van der Waals surface area contributed by atoms with E-state index in [0.29, 0.717) is 10.7 Å². The second-order valence-electron chi connectivity index (χ2n) is 6.16. The lowest BCUT2D eigenvalue weighted by Gasteiger charge is -2.01. The lowest BCUT2D eigenvalue weighted by Crippen LogP contribution is -2.07. The third-order valence-electron chi connectivity index (χ3n) is 4.05. The molecule has 0 unspecified atom stereocenters. The molecule has 3 rings (SSSR count). The van der Waals surface area contributed by atoms with Crippen molar-refractivity contribution in [2.75, 3.05) is 5.32 Å². The molecule has 1 amide bonds. The summed E-state index contributed by atoms with van der Waals surface area (Å²) in [5, 5.41) is 15.8. The summed E-state index contributed by atoms with van der Waals surface area (Å²) < 4.78 is 0. The van der Waals surface area contributed by atoms with E-state index in [-0.39, 0.29) is 11.6 Å². The van der Waals surface area contributed by atoms with Crippen LogP contribution in [0.3, 0.4) is 0 Å². The van der Waals surface area contributed by atoms with Crippen LogP contribution in [0.5, 0.6) is 0 Å². The Kier molecular flexibility index (Phi) is 6.29. The van der Waals surface area contributed by atoms with E-state index in [0.717, 1.165) is 24.1 Å². The lowest BCUT2D eigenvalue weighted by molar-refractivity contribution is -0.384. The molecule has 142 valence electrons. The van der Waals surface area contributed by atoms with E-state index in [1.54, 1.807) is 18.2 Å². The van der Waals surface area contributed by atoms with E-state index in [1.165, 1.54) is 35.1 Å². The summed E-state index contributed by atoms with van der Waals surface area (Å²) in [6.07, 6.45) is 5.14. The Bertz CT molecular complexity index is 992. The highest BCUT2D eigenvalue weighted by atomic mass is 32.1. The van der Waals surface area contributed by atoms with E-state index < -0.39 is 4.92 Å². The highest BCUT2D eigenvalue weighted by Gasteiger charge is 2.07. The van der Waals surface area contributed by atoms with Crippen LogP contribution in [0.15, 0.2) is 60.0 Å². The van der Waals surface area contributed by atoms with Crippen LogP contribution in [-0.4, -0.2) is 15.8 Å². The van der Waals surface area contributed by atoms with E-state index in [9.17, 15) is 14.9 Å². The third-order valence-corrected chi connectivity index (χ3v) is 4.81. The standard InChI is InChI=1S/C21H19N3O3S/c1-2-3-15-4-9-17(10-5-15)19-14-28-21(22-19)23-20(25)13-8-16-6-11-18(12-7-16)24(26)27/h4-14H,2-3H2,1H3,(H,22,23,25). The van der Waals surface area contributed by atoms with Gasteiger partial charge in [0.05, 0.1) is 10.6 Å². The first-order chi connectivity index (χ1) is 13.5. The van der Waals surface area contributed by atoms with Gasteiger partial charge in [-0.25, -0.2) is 4.98 Å². The molecule has 0 atom stereocenters. The van der Waals surface area contributed by atoms with Gasteiger partial charge >= 0.3 is 0 Å². The largest absolute Gasteiger partial charge is 0.298 e. The number of nitro benzene ring substituents is 1. The van der Waals surface area contributed by atoms with Crippen molar-refractivity contribution in [1.82, 2.24) is 4.98 Å². The van der Waals surface area contributed by atoms with E-state index in [4.69, 9.17) is 0 Å². The molecule has 0 aliphatic heterocycles. The van der Waals surface area contributed by atoms with Gasteiger partial charge in [0, 0.05) is 29.2 Å². The molecule has 2 aromatic carbocycles. The number of aryl methyl sites for hydroxylation is 1. The highest BCUT2D eigenvalue weighted by molar-refractivity contribution is 7.14. The van der Waals surface area contributed by atoms with Crippen LogP contribution < -0.4 is 5.32 Å². The molecule has 0 spiro atoms. The van der Waals surface area contributed by atoms with E-state index in [1.807, 2.05) is 17.5 Å². The predicted octanol–water partition coefficient (Wildman–Crippen LogP) is 5.32. The third kappa shape index (κ3) is 5.11. The Labute approximate surface area is 166 Å². The van der Waals surface area contributed by atoms with Crippen LogP contribution >= 0.6 is 11.3 Å². The minimum Gasteiger partial charge on any atom is -0.298 e. The predicted molar refractivity (Wildman–Crippen MR) is 112 cm³/mol. The fourth-order valence-corrected chi connectivity index (χ4v) is 3.34. The number of non-ortho nitro benzene ring substituents is 1. The number of hydrogen-bond acceptors (Lipinski definition) is 5. The van der Waals surface area contributed by atoms with Crippen LogP contribution in [-0.2, 0) is 11.2 Å². The van der Waals surface area contributed by atoms with Crippen molar-refractivity contribution in [2.45, 2.75) is 19.8 Å². The van der Waals surface area contributed by atoms with Crippen molar-refractivity contribution in [2.24, 2.45) is 0 Å². The monoisotopic (exact) mass is 393 g/mol. The summed E-state index contributed by atoms with van der Waals surface area (Å²) in [5.41, 5.74) is 3.85. The Morgan fingerprint density at radius 2 is 1.89 bits per heavy atom. The molecule has 7 heteroatoms. The Balaban J connectivity index is 1.61. The van der Waals surface area contributed by atoms with Gasteiger partial charge < -0.3 is 0 Å². The number of amides is 1. The second kappa shape index (κ2) is 9.05. The molecule has 0 aliphatic carbocycles. The molecule has 0 saturated heterocycles. The fourth-order valence-electron chi connectivity index (χ4n) is 2.62. The fraction of sp³-hybridized carbons (Fsp3) is 0.143. The molecule has 0 aliphatic rings. The molecule has 6 nitrogen and oxygen atoms in total. The summed E-state index contributed by atoms with van der Waals surface area (Å²) in [5.74, 6) is -0.308. The number of carbonyl (C=O) groups excluding carboxylic acids is 1. The van der Waals surface area contributed by atoms with Gasteiger partial charge in [-0.3, -0.25) is 20.2 Å². The summed E-state index contributed by atoms with van der Waals surface area (Å²) in [6.45, 7) is 2.15. The molecular weight excluding hydrogens is 374 g/mol. The quantitative estimate of drug-likeness (QED) is 0.334. The number of nitrogens with one attached hydrogen (secondary N) is 1. The Morgan fingerprint density at radius 3 is 2.54 bits per heavy atom.